The van der Waals surface area contributed by atoms with Crippen molar-refractivity contribution in [2.24, 2.45) is 7.05 Å². The number of rotatable bonds is 3. The second-order valence-corrected chi connectivity index (χ2v) is 6.33. The Balaban J connectivity index is 2.04. The molecule has 0 aliphatic rings. The van der Waals surface area contributed by atoms with Crippen molar-refractivity contribution < 1.29 is 9.53 Å². The SMILES string of the molecule is C[C@H](NC(=O)OC(C)(C)C)c1ccc(-c2ccnn2C)cc1. The molecule has 1 aromatic carbocycles. The normalized spacial score (nSPS) is 12.8. The highest BCUT2D eigenvalue weighted by atomic mass is 16.6. The highest BCUT2D eigenvalue weighted by Crippen LogP contribution is 2.21. The Labute approximate surface area is 131 Å². The van der Waals surface area contributed by atoms with Crippen molar-refractivity contribution in [3.05, 3.63) is 42.1 Å². The van der Waals surface area contributed by atoms with Gasteiger partial charge in [0.25, 0.3) is 0 Å². The zero-order valence-electron chi connectivity index (χ0n) is 13.8. The van der Waals surface area contributed by atoms with E-state index in [1.807, 2.05) is 69.8 Å². The first kappa shape index (κ1) is 16.1. The molecule has 0 saturated carbocycles. The molecule has 0 saturated heterocycles. The van der Waals surface area contributed by atoms with Gasteiger partial charge < -0.3 is 10.1 Å². The standard InChI is InChI=1S/C17H23N3O2/c1-12(19-16(21)22-17(2,3)4)13-6-8-14(9-7-13)15-10-11-18-20(15)5/h6-12H,1-5H3,(H,19,21)/t12-/m0/s1. The summed E-state index contributed by atoms with van der Waals surface area (Å²) >= 11 is 0. The van der Waals surface area contributed by atoms with Gasteiger partial charge >= 0.3 is 6.09 Å². The van der Waals surface area contributed by atoms with E-state index in [2.05, 4.69) is 10.4 Å². The van der Waals surface area contributed by atoms with E-state index in [9.17, 15) is 4.79 Å². The monoisotopic (exact) mass is 301 g/mol. The smallest absolute Gasteiger partial charge is 0.408 e. The fourth-order valence-electron chi connectivity index (χ4n) is 2.17. The van der Waals surface area contributed by atoms with Crippen LogP contribution in [0, 0.1) is 0 Å². The largest absolute Gasteiger partial charge is 0.444 e. The van der Waals surface area contributed by atoms with E-state index in [1.54, 1.807) is 6.20 Å². The topological polar surface area (TPSA) is 56.1 Å². The Morgan fingerprint density at radius 3 is 2.36 bits per heavy atom. The molecule has 1 atom stereocenters. The van der Waals surface area contributed by atoms with Crippen LogP contribution < -0.4 is 5.32 Å². The number of ether oxygens (including phenoxy) is 1. The Bertz CT molecular complexity index is 639. The molecule has 0 radical (unpaired) electrons. The lowest BCUT2D eigenvalue weighted by Crippen LogP contribution is -2.34. The number of carbonyl (C=O) groups excluding carboxylic acids is 1. The average molecular weight is 301 g/mol. The number of amides is 1. The summed E-state index contributed by atoms with van der Waals surface area (Å²) in [4.78, 5) is 11.8. The van der Waals surface area contributed by atoms with Gasteiger partial charge in [-0.1, -0.05) is 24.3 Å². The third kappa shape index (κ3) is 4.10. The van der Waals surface area contributed by atoms with E-state index in [-0.39, 0.29) is 6.04 Å². The number of aryl methyl sites for hydroxylation is 1. The summed E-state index contributed by atoms with van der Waals surface area (Å²) in [6.45, 7) is 7.48. The van der Waals surface area contributed by atoms with Crippen molar-refractivity contribution in [3.8, 4) is 11.3 Å². The lowest BCUT2D eigenvalue weighted by Gasteiger charge is -2.22. The van der Waals surface area contributed by atoms with Crippen molar-refractivity contribution >= 4 is 6.09 Å². The van der Waals surface area contributed by atoms with Gasteiger partial charge in [0.05, 0.1) is 11.7 Å². The summed E-state index contributed by atoms with van der Waals surface area (Å²) < 4.78 is 7.10. The Kier molecular flexibility index (Phi) is 4.54. The third-order valence-corrected chi connectivity index (χ3v) is 3.26. The van der Waals surface area contributed by atoms with Gasteiger partial charge in [-0.15, -0.1) is 0 Å². The van der Waals surface area contributed by atoms with Crippen molar-refractivity contribution in [2.75, 3.05) is 0 Å². The lowest BCUT2D eigenvalue weighted by atomic mass is 10.0. The molecular weight excluding hydrogens is 278 g/mol. The van der Waals surface area contributed by atoms with E-state index in [1.165, 1.54) is 0 Å². The van der Waals surface area contributed by atoms with E-state index in [0.717, 1.165) is 16.8 Å². The minimum Gasteiger partial charge on any atom is -0.444 e. The second-order valence-electron chi connectivity index (χ2n) is 6.33. The molecule has 22 heavy (non-hydrogen) atoms. The van der Waals surface area contributed by atoms with Crippen LogP contribution in [0.2, 0.25) is 0 Å². The van der Waals surface area contributed by atoms with Crippen LogP contribution >= 0.6 is 0 Å². The first-order chi connectivity index (χ1) is 10.3. The van der Waals surface area contributed by atoms with Gasteiger partial charge in [-0.05, 0) is 44.9 Å². The highest BCUT2D eigenvalue weighted by Gasteiger charge is 2.18. The Morgan fingerprint density at radius 2 is 1.86 bits per heavy atom. The fraction of sp³-hybridized carbons (Fsp3) is 0.412. The van der Waals surface area contributed by atoms with Crippen LogP contribution in [0.25, 0.3) is 11.3 Å². The second kappa shape index (κ2) is 6.22. The first-order valence-electron chi connectivity index (χ1n) is 7.34. The van der Waals surface area contributed by atoms with Crippen molar-refractivity contribution in [1.29, 1.82) is 0 Å². The molecule has 118 valence electrons. The molecule has 0 aliphatic carbocycles. The Morgan fingerprint density at radius 1 is 1.23 bits per heavy atom. The molecular formula is C17H23N3O2. The highest BCUT2D eigenvalue weighted by molar-refractivity contribution is 5.68. The number of hydrogen-bond donors (Lipinski definition) is 1. The van der Waals surface area contributed by atoms with Crippen LogP contribution in [0.5, 0.6) is 0 Å². The zero-order chi connectivity index (χ0) is 16.3. The van der Waals surface area contributed by atoms with Crippen molar-refractivity contribution in [3.63, 3.8) is 0 Å². The van der Waals surface area contributed by atoms with Gasteiger partial charge in [0.1, 0.15) is 5.60 Å². The predicted octanol–water partition coefficient (Wildman–Crippen LogP) is 3.67. The van der Waals surface area contributed by atoms with Crippen molar-refractivity contribution in [1.82, 2.24) is 15.1 Å². The fourth-order valence-corrected chi connectivity index (χ4v) is 2.17. The maximum absolute atomic E-state index is 11.8. The maximum Gasteiger partial charge on any atom is 0.408 e. The van der Waals surface area contributed by atoms with E-state index < -0.39 is 11.7 Å². The third-order valence-electron chi connectivity index (χ3n) is 3.26. The van der Waals surface area contributed by atoms with Crippen LogP contribution in [0.4, 0.5) is 4.79 Å². The summed E-state index contributed by atoms with van der Waals surface area (Å²) in [6.07, 6.45) is 1.37. The van der Waals surface area contributed by atoms with Crippen molar-refractivity contribution in [2.45, 2.75) is 39.3 Å². The average Bonchev–Trinajstić information content (AvgIpc) is 2.83. The lowest BCUT2D eigenvalue weighted by molar-refractivity contribution is 0.0508. The number of alkyl carbamates (subject to hydrolysis) is 1. The van der Waals surface area contributed by atoms with Gasteiger partial charge in [0.15, 0.2) is 0 Å². The molecule has 5 nitrogen and oxygen atoms in total. The number of nitrogens with one attached hydrogen (secondary N) is 1. The van der Waals surface area contributed by atoms with Crippen LogP contribution in [0.3, 0.4) is 0 Å². The maximum atomic E-state index is 11.8. The minimum atomic E-state index is -0.493. The number of aromatic nitrogens is 2. The number of carbonyl (C=O) groups is 1. The summed E-state index contributed by atoms with van der Waals surface area (Å²) in [5.41, 5.74) is 2.68. The molecule has 0 unspecified atom stereocenters. The van der Waals surface area contributed by atoms with Gasteiger partial charge in [-0.2, -0.15) is 5.10 Å². The number of hydrogen-bond acceptors (Lipinski definition) is 3. The minimum absolute atomic E-state index is 0.115. The molecule has 2 rings (SSSR count). The molecule has 0 aliphatic heterocycles. The summed E-state index contributed by atoms with van der Waals surface area (Å²) in [5, 5.41) is 7.01. The number of benzene rings is 1. The summed E-state index contributed by atoms with van der Waals surface area (Å²) in [7, 11) is 1.91. The van der Waals surface area contributed by atoms with Gasteiger partial charge in [0.2, 0.25) is 0 Å². The van der Waals surface area contributed by atoms with E-state index >= 15 is 0 Å². The van der Waals surface area contributed by atoms with E-state index in [0.29, 0.717) is 0 Å². The molecule has 1 N–H and O–H groups in total. The van der Waals surface area contributed by atoms with Crippen LogP contribution in [-0.2, 0) is 11.8 Å². The quantitative estimate of drug-likeness (QED) is 0.941. The summed E-state index contributed by atoms with van der Waals surface area (Å²) in [6, 6.07) is 9.92. The molecule has 1 heterocycles. The molecule has 0 bridgehead atoms. The molecule has 2 aromatic rings. The van der Waals surface area contributed by atoms with Crippen LogP contribution in [0.1, 0.15) is 39.3 Å². The predicted molar refractivity (Wildman–Crippen MR) is 86.4 cm³/mol. The number of nitrogens with zero attached hydrogens (tertiary/aromatic N) is 2. The first-order valence-corrected chi connectivity index (χ1v) is 7.34. The molecule has 1 aromatic heterocycles. The Hall–Kier alpha value is -2.30. The molecule has 5 heteroatoms. The molecule has 1 amide bonds. The zero-order valence-corrected chi connectivity index (χ0v) is 13.8. The molecule has 0 spiro atoms. The van der Waals surface area contributed by atoms with E-state index in [4.69, 9.17) is 4.74 Å². The molecule has 0 fully saturated rings. The van der Waals surface area contributed by atoms with Gasteiger partial charge in [0, 0.05) is 13.2 Å². The van der Waals surface area contributed by atoms with Crippen LogP contribution in [-0.4, -0.2) is 21.5 Å². The summed E-state index contributed by atoms with van der Waals surface area (Å²) in [5.74, 6) is 0. The van der Waals surface area contributed by atoms with Crippen LogP contribution in [0.15, 0.2) is 36.5 Å². The van der Waals surface area contributed by atoms with Gasteiger partial charge in [-0.3, -0.25) is 4.68 Å². The van der Waals surface area contributed by atoms with Gasteiger partial charge in [-0.25, -0.2) is 4.79 Å².